The van der Waals surface area contributed by atoms with E-state index in [1.807, 2.05) is 0 Å². The van der Waals surface area contributed by atoms with Crippen molar-refractivity contribution in [3.05, 3.63) is 115 Å². The number of esters is 1. The molecule has 0 unspecified atom stereocenters. The third-order valence-electron chi connectivity index (χ3n) is 6.41. The van der Waals surface area contributed by atoms with Crippen molar-refractivity contribution in [2.24, 2.45) is 5.10 Å². The van der Waals surface area contributed by atoms with Gasteiger partial charge in [-0.15, -0.1) is 0 Å². The average molecular weight is 750 g/mol. The van der Waals surface area contributed by atoms with Crippen LogP contribution in [0, 0.1) is 0 Å². The molecular weight excluding hydrogens is 731 g/mol. The van der Waals surface area contributed by atoms with E-state index in [1.54, 1.807) is 48.5 Å². The van der Waals surface area contributed by atoms with Crippen molar-refractivity contribution >= 4 is 72.5 Å². The zero-order chi connectivity index (χ0) is 31.6. The number of amides is 1. The molecule has 2 N–H and O–H groups in total. The molecule has 1 heterocycles. The molecule has 0 saturated carbocycles. The van der Waals surface area contributed by atoms with Crippen molar-refractivity contribution in [1.29, 1.82) is 0 Å². The van der Waals surface area contributed by atoms with Crippen LogP contribution in [0.15, 0.2) is 92.9 Å². The van der Waals surface area contributed by atoms with E-state index in [2.05, 4.69) is 47.4 Å². The average Bonchev–Trinajstić information content (AvgIpc) is 3.38. The first-order valence-electron chi connectivity index (χ1n) is 12.6. The zero-order valence-corrected chi connectivity index (χ0v) is 26.4. The fraction of sp³-hybridized carbons (Fsp3) is 0.0645. The maximum atomic E-state index is 13.8. The number of ether oxygens (including phenoxy) is 2. The third kappa shape index (κ3) is 6.52. The molecule has 5 rings (SSSR count). The van der Waals surface area contributed by atoms with Gasteiger partial charge in [-0.25, -0.2) is 10.2 Å². The van der Waals surface area contributed by atoms with Gasteiger partial charge in [0, 0.05) is 26.0 Å². The number of methoxy groups -OCH3 is 1. The fourth-order valence-electron chi connectivity index (χ4n) is 4.52. The highest BCUT2D eigenvalue weighted by Gasteiger charge is 2.34. The van der Waals surface area contributed by atoms with Crippen molar-refractivity contribution in [2.75, 3.05) is 7.11 Å². The number of H-pyrrole nitrogens is 1. The van der Waals surface area contributed by atoms with E-state index < -0.39 is 23.6 Å². The van der Waals surface area contributed by atoms with Gasteiger partial charge in [0.2, 0.25) is 0 Å². The maximum absolute atomic E-state index is 13.8. The maximum Gasteiger partial charge on any atom is 0.418 e. The van der Waals surface area contributed by atoms with Gasteiger partial charge in [0.05, 0.1) is 28.9 Å². The van der Waals surface area contributed by atoms with Crippen molar-refractivity contribution in [1.82, 2.24) is 10.4 Å². The van der Waals surface area contributed by atoms with Gasteiger partial charge in [-0.05, 0) is 57.9 Å². The summed E-state index contributed by atoms with van der Waals surface area (Å²) in [5.74, 6) is -1.24. The second-order valence-electron chi connectivity index (χ2n) is 9.21. The van der Waals surface area contributed by atoms with Gasteiger partial charge in [0.15, 0.2) is 5.75 Å². The summed E-state index contributed by atoms with van der Waals surface area (Å²) in [6.07, 6.45) is -3.42. The lowest BCUT2D eigenvalue weighted by Crippen LogP contribution is -2.19. The summed E-state index contributed by atoms with van der Waals surface area (Å²) in [6, 6.07) is 20.0. The zero-order valence-electron chi connectivity index (χ0n) is 22.4. The van der Waals surface area contributed by atoms with Crippen LogP contribution in [0.2, 0.25) is 5.02 Å². The first-order chi connectivity index (χ1) is 21.0. The predicted molar refractivity (Wildman–Crippen MR) is 169 cm³/mol. The Morgan fingerprint density at radius 1 is 1.00 bits per heavy atom. The monoisotopic (exact) mass is 747 g/mol. The molecule has 0 fully saturated rings. The summed E-state index contributed by atoms with van der Waals surface area (Å²) >= 11 is 12.8. The summed E-state index contributed by atoms with van der Waals surface area (Å²) in [7, 11) is 1.40. The van der Waals surface area contributed by atoms with Crippen molar-refractivity contribution in [2.45, 2.75) is 6.18 Å². The minimum Gasteiger partial charge on any atom is -0.496 e. The number of fused-ring (bicyclic) bond motifs is 1. The number of aromatic amines is 1. The lowest BCUT2D eigenvalue weighted by molar-refractivity contribution is -0.136. The van der Waals surface area contributed by atoms with Crippen LogP contribution in [-0.2, 0) is 6.18 Å². The molecule has 5 aromatic rings. The Kier molecular flexibility index (Phi) is 9.14. The number of carbonyl (C=O) groups excluding carboxylic acids is 2. The Labute approximate surface area is 270 Å². The molecule has 0 radical (unpaired) electrons. The molecule has 0 aliphatic heterocycles. The Morgan fingerprint density at radius 2 is 1.75 bits per heavy atom. The number of nitrogens with zero attached hydrogens (tertiary/aromatic N) is 1. The van der Waals surface area contributed by atoms with E-state index in [0.717, 1.165) is 6.07 Å². The minimum absolute atomic E-state index is 0.0728. The molecule has 0 spiro atoms. The molecule has 0 saturated heterocycles. The Morgan fingerprint density at radius 3 is 2.45 bits per heavy atom. The largest absolute Gasteiger partial charge is 0.496 e. The number of hydrogen-bond acceptors (Lipinski definition) is 5. The summed E-state index contributed by atoms with van der Waals surface area (Å²) in [4.78, 5) is 29.1. The normalized spacial score (nSPS) is 11.6. The number of para-hydroxylation sites is 1. The van der Waals surface area contributed by atoms with Crippen LogP contribution in [0.4, 0.5) is 13.2 Å². The summed E-state index contributed by atoms with van der Waals surface area (Å²) in [5.41, 5.74) is 2.29. The standard InChI is InChI=1S/C31H19Br2ClF3N3O4/c1-43-24-11-10-19(34)14-21(24)30(42)44-28-17(12-18(32)13-23(28)33)15-38-40-29(41)27-25(16-6-3-2-4-7-16)20-8-5-9-22(26(20)39-27)31(35,36)37/h2-15,39H,1H3,(H,40,41). The van der Waals surface area contributed by atoms with Gasteiger partial charge >= 0.3 is 12.1 Å². The van der Waals surface area contributed by atoms with E-state index in [0.29, 0.717) is 19.5 Å². The van der Waals surface area contributed by atoms with Gasteiger partial charge in [-0.1, -0.05) is 70.0 Å². The number of rotatable bonds is 7. The molecule has 7 nitrogen and oxygen atoms in total. The highest BCUT2D eigenvalue weighted by atomic mass is 79.9. The SMILES string of the molecule is COc1ccc(Cl)cc1C(=O)Oc1c(Br)cc(Br)cc1C=NNC(=O)c1[nH]c2c(C(F)(F)F)cccc2c1-c1ccccc1. The molecule has 1 amide bonds. The summed E-state index contributed by atoms with van der Waals surface area (Å²) < 4.78 is 53.3. The van der Waals surface area contributed by atoms with Crippen molar-refractivity contribution < 1.29 is 32.2 Å². The van der Waals surface area contributed by atoms with Crippen LogP contribution in [0.3, 0.4) is 0 Å². The highest BCUT2D eigenvalue weighted by molar-refractivity contribution is 9.11. The number of nitrogens with one attached hydrogen (secondary N) is 2. The number of hydrazone groups is 1. The molecule has 0 bridgehead atoms. The quantitative estimate of drug-likeness (QED) is 0.0752. The van der Waals surface area contributed by atoms with E-state index in [9.17, 15) is 22.8 Å². The number of benzene rings is 4. The van der Waals surface area contributed by atoms with Gasteiger partial charge in [-0.2, -0.15) is 18.3 Å². The lowest BCUT2D eigenvalue weighted by Gasteiger charge is -2.12. The number of aromatic nitrogens is 1. The molecule has 0 aliphatic carbocycles. The fourth-order valence-corrected chi connectivity index (χ4v) is 6.03. The second-order valence-corrected chi connectivity index (χ2v) is 11.4. The highest BCUT2D eigenvalue weighted by Crippen LogP contribution is 2.40. The minimum atomic E-state index is -4.65. The molecule has 0 atom stereocenters. The van der Waals surface area contributed by atoms with Crippen LogP contribution in [0.1, 0.15) is 32.0 Å². The molecule has 0 aliphatic rings. The molecule has 1 aromatic heterocycles. The first-order valence-corrected chi connectivity index (χ1v) is 14.6. The van der Waals surface area contributed by atoms with Gasteiger partial charge < -0.3 is 14.5 Å². The summed E-state index contributed by atoms with van der Waals surface area (Å²) in [5, 5.41) is 4.54. The summed E-state index contributed by atoms with van der Waals surface area (Å²) in [6.45, 7) is 0. The van der Waals surface area contributed by atoms with Crippen molar-refractivity contribution in [3.8, 4) is 22.6 Å². The Balaban J connectivity index is 1.49. The Bertz CT molecular complexity index is 1930. The third-order valence-corrected chi connectivity index (χ3v) is 7.69. The van der Waals surface area contributed by atoms with E-state index in [4.69, 9.17) is 21.1 Å². The van der Waals surface area contributed by atoms with E-state index in [-0.39, 0.29) is 44.8 Å². The lowest BCUT2D eigenvalue weighted by atomic mass is 10.0. The van der Waals surface area contributed by atoms with Gasteiger partial charge in [0.25, 0.3) is 5.91 Å². The molecule has 4 aromatic carbocycles. The van der Waals surface area contributed by atoms with Gasteiger partial charge in [-0.3, -0.25) is 4.79 Å². The molecule has 224 valence electrons. The van der Waals surface area contributed by atoms with Crippen LogP contribution < -0.4 is 14.9 Å². The van der Waals surface area contributed by atoms with E-state index >= 15 is 0 Å². The van der Waals surface area contributed by atoms with Crippen LogP contribution in [0.5, 0.6) is 11.5 Å². The number of alkyl halides is 3. The van der Waals surface area contributed by atoms with E-state index in [1.165, 1.54) is 37.6 Å². The van der Waals surface area contributed by atoms with Crippen molar-refractivity contribution in [3.63, 3.8) is 0 Å². The smallest absolute Gasteiger partial charge is 0.418 e. The van der Waals surface area contributed by atoms with Crippen LogP contribution in [0.25, 0.3) is 22.0 Å². The molecule has 44 heavy (non-hydrogen) atoms. The van der Waals surface area contributed by atoms with Crippen LogP contribution >= 0.6 is 43.5 Å². The van der Waals surface area contributed by atoms with Gasteiger partial charge in [0.1, 0.15) is 17.0 Å². The second kappa shape index (κ2) is 12.8. The molecule has 13 heteroatoms. The number of hydrogen-bond donors (Lipinski definition) is 2. The Hall–Kier alpha value is -4.13. The number of halogens is 6. The van der Waals surface area contributed by atoms with Crippen LogP contribution in [-0.4, -0.2) is 30.2 Å². The first kappa shape index (κ1) is 31.3. The predicted octanol–water partition coefficient (Wildman–Crippen LogP) is 9.02. The molecular formula is C31H19Br2ClF3N3O4. The topological polar surface area (TPSA) is 92.8 Å². The number of carbonyl (C=O) groups is 2.